The second-order valence-corrected chi connectivity index (χ2v) is 4.71. The molecule has 2 atom stereocenters. The van der Waals surface area contributed by atoms with Gasteiger partial charge in [-0.25, -0.2) is 0 Å². The van der Waals surface area contributed by atoms with Gasteiger partial charge in [-0.15, -0.1) is 0 Å². The van der Waals surface area contributed by atoms with E-state index < -0.39 is 0 Å². The fourth-order valence-electron chi connectivity index (χ4n) is 2.33. The first-order chi connectivity index (χ1) is 7.36. The molecule has 0 saturated carbocycles. The van der Waals surface area contributed by atoms with Crippen molar-refractivity contribution >= 4 is 0 Å². The summed E-state index contributed by atoms with van der Waals surface area (Å²) in [4.78, 5) is 0. The fraction of sp³-hybridized carbons (Fsp3) is 1.00. The van der Waals surface area contributed by atoms with Gasteiger partial charge in [-0.05, 0) is 39.2 Å². The first kappa shape index (κ1) is 13.0. The minimum Gasteiger partial charge on any atom is -0.378 e. The zero-order chi connectivity index (χ0) is 10.9. The molecule has 90 valence electrons. The van der Waals surface area contributed by atoms with Crippen LogP contribution >= 0.6 is 0 Å². The third kappa shape index (κ3) is 5.53. The molecule has 15 heavy (non-hydrogen) atoms. The predicted molar refractivity (Wildman–Crippen MR) is 65.2 cm³/mol. The number of ether oxygens (including phenoxy) is 1. The van der Waals surface area contributed by atoms with E-state index in [2.05, 4.69) is 19.3 Å². The van der Waals surface area contributed by atoms with Crippen LogP contribution in [0.3, 0.4) is 0 Å². The Kier molecular flexibility index (Phi) is 7.03. The Bertz CT molecular complexity index is 143. The maximum Gasteiger partial charge on any atom is 0.0590 e. The molecule has 0 aromatic carbocycles. The van der Waals surface area contributed by atoms with Crippen molar-refractivity contribution in [3.8, 4) is 0 Å². The van der Waals surface area contributed by atoms with Crippen LogP contribution in [0.1, 0.15) is 58.3 Å². The fourth-order valence-corrected chi connectivity index (χ4v) is 2.33. The van der Waals surface area contributed by atoms with Gasteiger partial charge in [0.2, 0.25) is 0 Å². The van der Waals surface area contributed by atoms with E-state index in [0.717, 1.165) is 6.61 Å². The minimum absolute atomic E-state index is 0.526. The van der Waals surface area contributed by atoms with Crippen molar-refractivity contribution in [3.63, 3.8) is 0 Å². The average molecular weight is 213 g/mol. The summed E-state index contributed by atoms with van der Waals surface area (Å²) in [5, 5.41) is 3.43. The molecule has 1 aliphatic rings. The van der Waals surface area contributed by atoms with E-state index in [-0.39, 0.29) is 0 Å². The van der Waals surface area contributed by atoms with Crippen LogP contribution in [0.4, 0.5) is 0 Å². The Labute approximate surface area is 94.8 Å². The van der Waals surface area contributed by atoms with Crippen LogP contribution in [-0.4, -0.2) is 25.8 Å². The molecule has 0 aromatic rings. The third-order valence-electron chi connectivity index (χ3n) is 3.39. The molecule has 0 radical (unpaired) electrons. The standard InChI is InChI=1S/C13H27NO/c1-3-4-5-8-12(14-2)11-13-9-6-7-10-15-13/h12-14H,3-11H2,1-2H3. The lowest BCUT2D eigenvalue weighted by atomic mass is 9.98. The maximum atomic E-state index is 5.78. The Morgan fingerprint density at radius 2 is 2.20 bits per heavy atom. The Balaban J connectivity index is 2.13. The van der Waals surface area contributed by atoms with E-state index >= 15 is 0 Å². The molecular formula is C13H27NO. The van der Waals surface area contributed by atoms with Crippen molar-refractivity contribution < 1.29 is 4.74 Å². The van der Waals surface area contributed by atoms with Gasteiger partial charge in [-0.3, -0.25) is 0 Å². The summed E-state index contributed by atoms with van der Waals surface area (Å²) in [6.45, 7) is 3.24. The van der Waals surface area contributed by atoms with Gasteiger partial charge in [0.1, 0.15) is 0 Å². The van der Waals surface area contributed by atoms with Gasteiger partial charge in [-0.2, -0.15) is 0 Å². The number of unbranched alkanes of at least 4 members (excludes halogenated alkanes) is 2. The molecule has 0 aromatic heterocycles. The summed E-state index contributed by atoms with van der Waals surface area (Å²) >= 11 is 0. The summed E-state index contributed by atoms with van der Waals surface area (Å²) in [5.74, 6) is 0. The van der Waals surface area contributed by atoms with Crippen molar-refractivity contribution in [3.05, 3.63) is 0 Å². The second-order valence-electron chi connectivity index (χ2n) is 4.71. The first-order valence-corrected chi connectivity index (χ1v) is 6.65. The Morgan fingerprint density at radius 3 is 2.80 bits per heavy atom. The highest BCUT2D eigenvalue weighted by Gasteiger charge is 2.18. The van der Waals surface area contributed by atoms with Gasteiger partial charge in [0.15, 0.2) is 0 Å². The third-order valence-corrected chi connectivity index (χ3v) is 3.39. The van der Waals surface area contributed by atoms with E-state index in [9.17, 15) is 0 Å². The number of nitrogens with one attached hydrogen (secondary N) is 1. The highest BCUT2D eigenvalue weighted by molar-refractivity contribution is 4.73. The van der Waals surface area contributed by atoms with Gasteiger partial charge in [0, 0.05) is 12.6 Å². The van der Waals surface area contributed by atoms with Gasteiger partial charge in [0.05, 0.1) is 6.10 Å². The SMILES string of the molecule is CCCCCC(CC1CCCCO1)NC. The molecule has 0 bridgehead atoms. The molecule has 1 saturated heterocycles. The molecule has 2 nitrogen and oxygen atoms in total. The minimum atomic E-state index is 0.526. The van der Waals surface area contributed by atoms with E-state index in [1.807, 2.05) is 0 Å². The molecule has 2 unspecified atom stereocenters. The van der Waals surface area contributed by atoms with Gasteiger partial charge in [0.25, 0.3) is 0 Å². The molecule has 0 spiro atoms. The predicted octanol–water partition coefficient (Wildman–Crippen LogP) is 3.11. The molecule has 1 N–H and O–H groups in total. The van der Waals surface area contributed by atoms with Crippen LogP contribution in [0.15, 0.2) is 0 Å². The molecule has 0 amide bonds. The van der Waals surface area contributed by atoms with Crippen molar-refractivity contribution in [2.24, 2.45) is 0 Å². The van der Waals surface area contributed by atoms with Crippen molar-refractivity contribution in [2.45, 2.75) is 70.4 Å². The molecule has 2 heteroatoms. The summed E-state index contributed by atoms with van der Waals surface area (Å²) in [6.07, 6.45) is 11.0. The summed E-state index contributed by atoms with van der Waals surface area (Å²) in [5.41, 5.74) is 0. The normalized spacial score (nSPS) is 24.0. The summed E-state index contributed by atoms with van der Waals surface area (Å²) < 4.78 is 5.78. The first-order valence-electron chi connectivity index (χ1n) is 6.65. The monoisotopic (exact) mass is 213 g/mol. The van der Waals surface area contributed by atoms with Crippen LogP contribution in [0.25, 0.3) is 0 Å². The molecule has 1 fully saturated rings. The van der Waals surface area contributed by atoms with Crippen molar-refractivity contribution in [2.75, 3.05) is 13.7 Å². The second kappa shape index (κ2) is 8.12. The molecule has 0 aliphatic carbocycles. The Hall–Kier alpha value is -0.0800. The van der Waals surface area contributed by atoms with E-state index in [0.29, 0.717) is 12.1 Å². The summed E-state index contributed by atoms with van der Waals surface area (Å²) in [6, 6.07) is 0.666. The zero-order valence-electron chi connectivity index (χ0n) is 10.4. The topological polar surface area (TPSA) is 21.3 Å². The smallest absolute Gasteiger partial charge is 0.0590 e. The largest absolute Gasteiger partial charge is 0.378 e. The van der Waals surface area contributed by atoms with Crippen molar-refractivity contribution in [1.82, 2.24) is 5.32 Å². The summed E-state index contributed by atoms with van der Waals surface area (Å²) in [7, 11) is 2.08. The average Bonchev–Trinajstić information content (AvgIpc) is 2.29. The van der Waals surface area contributed by atoms with Crippen LogP contribution in [0.2, 0.25) is 0 Å². The van der Waals surface area contributed by atoms with Crippen LogP contribution in [-0.2, 0) is 4.74 Å². The lowest BCUT2D eigenvalue weighted by molar-refractivity contribution is 0.00503. The van der Waals surface area contributed by atoms with E-state index in [4.69, 9.17) is 4.74 Å². The molecular weight excluding hydrogens is 186 g/mol. The van der Waals surface area contributed by atoms with Crippen LogP contribution < -0.4 is 5.32 Å². The Morgan fingerprint density at radius 1 is 1.33 bits per heavy atom. The number of hydrogen-bond acceptors (Lipinski definition) is 2. The van der Waals surface area contributed by atoms with Crippen molar-refractivity contribution in [1.29, 1.82) is 0 Å². The van der Waals surface area contributed by atoms with Crippen LogP contribution in [0.5, 0.6) is 0 Å². The highest BCUT2D eigenvalue weighted by atomic mass is 16.5. The van der Waals surface area contributed by atoms with Gasteiger partial charge < -0.3 is 10.1 Å². The lowest BCUT2D eigenvalue weighted by Gasteiger charge is -2.26. The quantitative estimate of drug-likeness (QED) is 0.656. The van der Waals surface area contributed by atoms with E-state index in [1.165, 1.54) is 51.4 Å². The van der Waals surface area contributed by atoms with E-state index in [1.54, 1.807) is 0 Å². The number of rotatable bonds is 7. The molecule has 1 aliphatic heterocycles. The molecule has 1 heterocycles. The molecule has 1 rings (SSSR count). The highest BCUT2D eigenvalue weighted by Crippen LogP contribution is 2.19. The lowest BCUT2D eigenvalue weighted by Crippen LogP contribution is -2.32. The van der Waals surface area contributed by atoms with Crippen LogP contribution in [0, 0.1) is 0 Å². The zero-order valence-corrected chi connectivity index (χ0v) is 10.4. The maximum absolute atomic E-state index is 5.78. The number of hydrogen-bond donors (Lipinski definition) is 1. The van der Waals surface area contributed by atoms with Gasteiger partial charge >= 0.3 is 0 Å². The van der Waals surface area contributed by atoms with Gasteiger partial charge in [-0.1, -0.05) is 26.2 Å².